The maximum Gasteiger partial charge on any atom is 0.308 e. The van der Waals surface area contributed by atoms with Crippen molar-refractivity contribution in [2.45, 2.75) is 19.4 Å². The number of hydrogen-bond donors (Lipinski definition) is 2. The molecule has 3 N–H and O–H groups in total. The Labute approximate surface area is 81.2 Å². The van der Waals surface area contributed by atoms with Crippen LogP contribution in [0.5, 0.6) is 0 Å². The van der Waals surface area contributed by atoms with Crippen LogP contribution in [-0.4, -0.2) is 11.1 Å². The van der Waals surface area contributed by atoms with Crippen LogP contribution in [0.1, 0.15) is 24.9 Å². The fraction of sp³-hybridized carbons (Fsp3) is 0.444. The second kappa shape index (κ2) is 4.39. The number of carboxylic acids is 1. The molecule has 2 atom stereocenters. The molecule has 0 fully saturated rings. The quantitative estimate of drug-likeness (QED) is 0.778. The van der Waals surface area contributed by atoms with Gasteiger partial charge in [0.2, 0.25) is 0 Å². The van der Waals surface area contributed by atoms with Crippen molar-refractivity contribution >= 4 is 17.3 Å². The lowest BCUT2D eigenvalue weighted by Gasteiger charge is -2.17. The highest BCUT2D eigenvalue weighted by Gasteiger charge is 2.24. The maximum absolute atomic E-state index is 10.8. The first-order valence-electron chi connectivity index (χ1n) is 4.17. The third-order valence-electron chi connectivity index (χ3n) is 2.12. The van der Waals surface area contributed by atoms with Crippen LogP contribution in [-0.2, 0) is 4.79 Å². The molecule has 0 saturated carbocycles. The van der Waals surface area contributed by atoms with E-state index in [0.717, 1.165) is 5.56 Å². The Morgan fingerprint density at radius 2 is 2.46 bits per heavy atom. The van der Waals surface area contributed by atoms with Gasteiger partial charge < -0.3 is 10.8 Å². The summed E-state index contributed by atoms with van der Waals surface area (Å²) >= 11 is 1.53. The van der Waals surface area contributed by atoms with E-state index in [2.05, 4.69) is 0 Å². The molecule has 0 bridgehead atoms. The second-order valence-corrected chi connectivity index (χ2v) is 3.72. The maximum atomic E-state index is 10.8. The lowest BCUT2D eigenvalue weighted by Crippen LogP contribution is -2.27. The van der Waals surface area contributed by atoms with E-state index in [-0.39, 0.29) is 6.04 Å². The molecular formula is C9H13NO2S. The number of nitrogens with two attached hydrogens (primary N) is 1. The average molecular weight is 199 g/mol. The summed E-state index contributed by atoms with van der Waals surface area (Å²) in [5.74, 6) is -1.30. The summed E-state index contributed by atoms with van der Waals surface area (Å²) in [6.07, 6.45) is 0.562. The lowest BCUT2D eigenvalue weighted by molar-refractivity contribution is -0.142. The predicted molar refractivity (Wildman–Crippen MR) is 52.7 cm³/mol. The highest BCUT2D eigenvalue weighted by molar-refractivity contribution is 7.07. The Morgan fingerprint density at radius 1 is 1.77 bits per heavy atom. The molecular weight excluding hydrogens is 186 g/mol. The monoisotopic (exact) mass is 199 g/mol. The van der Waals surface area contributed by atoms with Crippen LogP contribution in [0.3, 0.4) is 0 Å². The van der Waals surface area contributed by atoms with Gasteiger partial charge in [0.15, 0.2) is 0 Å². The van der Waals surface area contributed by atoms with Gasteiger partial charge in [-0.2, -0.15) is 11.3 Å². The molecule has 72 valence electrons. The SMILES string of the molecule is CCC(C(=O)O)C(N)c1ccsc1. The van der Waals surface area contributed by atoms with Crippen LogP contribution >= 0.6 is 11.3 Å². The molecule has 13 heavy (non-hydrogen) atoms. The Morgan fingerprint density at radius 3 is 2.85 bits per heavy atom. The molecule has 0 aliphatic rings. The van der Waals surface area contributed by atoms with Gasteiger partial charge in [0.25, 0.3) is 0 Å². The molecule has 1 aromatic heterocycles. The fourth-order valence-electron chi connectivity index (χ4n) is 1.28. The van der Waals surface area contributed by atoms with E-state index in [9.17, 15) is 4.79 Å². The fourth-order valence-corrected chi connectivity index (χ4v) is 1.99. The smallest absolute Gasteiger partial charge is 0.308 e. The third kappa shape index (κ3) is 2.29. The highest BCUT2D eigenvalue weighted by atomic mass is 32.1. The van der Waals surface area contributed by atoms with Crippen LogP contribution in [0.4, 0.5) is 0 Å². The van der Waals surface area contributed by atoms with E-state index in [1.54, 1.807) is 0 Å². The van der Waals surface area contributed by atoms with Gasteiger partial charge in [-0.15, -0.1) is 0 Å². The molecule has 3 nitrogen and oxygen atoms in total. The summed E-state index contributed by atoms with van der Waals surface area (Å²) in [4.78, 5) is 10.8. The number of aliphatic carboxylic acids is 1. The summed E-state index contributed by atoms with van der Waals surface area (Å²) < 4.78 is 0. The Balaban J connectivity index is 2.76. The summed E-state index contributed by atoms with van der Waals surface area (Å²) in [5.41, 5.74) is 6.74. The largest absolute Gasteiger partial charge is 0.481 e. The minimum atomic E-state index is -0.818. The van der Waals surface area contributed by atoms with Gasteiger partial charge in [-0.05, 0) is 28.8 Å². The summed E-state index contributed by atoms with van der Waals surface area (Å²) in [5, 5.41) is 12.7. The zero-order valence-corrected chi connectivity index (χ0v) is 8.25. The molecule has 0 amide bonds. The topological polar surface area (TPSA) is 63.3 Å². The number of rotatable bonds is 4. The van der Waals surface area contributed by atoms with E-state index in [4.69, 9.17) is 10.8 Å². The van der Waals surface area contributed by atoms with Gasteiger partial charge in [-0.3, -0.25) is 4.79 Å². The van der Waals surface area contributed by atoms with Crippen LogP contribution in [0.25, 0.3) is 0 Å². The summed E-state index contributed by atoms with van der Waals surface area (Å²) in [6, 6.07) is 1.50. The van der Waals surface area contributed by atoms with E-state index in [1.165, 1.54) is 11.3 Å². The first-order chi connectivity index (χ1) is 6.16. The van der Waals surface area contributed by atoms with Crippen molar-refractivity contribution in [3.05, 3.63) is 22.4 Å². The molecule has 0 spiro atoms. The van der Waals surface area contributed by atoms with Gasteiger partial charge in [0.1, 0.15) is 0 Å². The number of carbonyl (C=O) groups is 1. The molecule has 0 aliphatic heterocycles. The van der Waals surface area contributed by atoms with Crippen LogP contribution in [0, 0.1) is 5.92 Å². The average Bonchev–Trinajstić information content (AvgIpc) is 2.56. The van der Waals surface area contributed by atoms with Crippen molar-refractivity contribution in [1.29, 1.82) is 0 Å². The first-order valence-corrected chi connectivity index (χ1v) is 5.11. The van der Waals surface area contributed by atoms with E-state index in [0.29, 0.717) is 6.42 Å². The van der Waals surface area contributed by atoms with Crippen molar-refractivity contribution in [1.82, 2.24) is 0 Å². The normalized spacial score (nSPS) is 15.2. The van der Waals surface area contributed by atoms with Crippen LogP contribution in [0.15, 0.2) is 16.8 Å². The van der Waals surface area contributed by atoms with Crippen LogP contribution < -0.4 is 5.73 Å². The molecule has 4 heteroatoms. The molecule has 1 heterocycles. The standard InChI is InChI=1S/C9H13NO2S/c1-2-7(9(11)12)8(10)6-3-4-13-5-6/h3-5,7-8H,2,10H2,1H3,(H,11,12). The number of hydrogen-bond acceptors (Lipinski definition) is 3. The van der Waals surface area contributed by atoms with Crippen molar-refractivity contribution in [2.24, 2.45) is 11.7 Å². The number of carboxylic acid groups (broad SMARTS) is 1. The zero-order valence-electron chi connectivity index (χ0n) is 7.43. The molecule has 1 aromatic rings. The molecule has 1 rings (SSSR count). The van der Waals surface area contributed by atoms with Gasteiger partial charge in [-0.1, -0.05) is 6.92 Å². The van der Waals surface area contributed by atoms with E-state index < -0.39 is 11.9 Å². The molecule has 0 aromatic carbocycles. The zero-order chi connectivity index (χ0) is 9.84. The van der Waals surface area contributed by atoms with Gasteiger partial charge in [0.05, 0.1) is 5.92 Å². The molecule has 0 saturated heterocycles. The van der Waals surface area contributed by atoms with Crippen LogP contribution in [0.2, 0.25) is 0 Å². The van der Waals surface area contributed by atoms with Crippen molar-refractivity contribution in [2.75, 3.05) is 0 Å². The van der Waals surface area contributed by atoms with Crippen molar-refractivity contribution < 1.29 is 9.90 Å². The van der Waals surface area contributed by atoms with Gasteiger partial charge in [-0.25, -0.2) is 0 Å². The Kier molecular flexibility index (Phi) is 3.45. The minimum absolute atomic E-state index is 0.381. The van der Waals surface area contributed by atoms with E-state index in [1.807, 2.05) is 23.8 Å². The number of thiophene rings is 1. The van der Waals surface area contributed by atoms with Crippen molar-refractivity contribution in [3.63, 3.8) is 0 Å². The highest BCUT2D eigenvalue weighted by Crippen LogP contribution is 2.24. The Hall–Kier alpha value is -0.870. The lowest BCUT2D eigenvalue weighted by atomic mass is 9.93. The molecule has 0 radical (unpaired) electrons. The van der Waals surface area contributed by atoms with Gasteiger partial charge >= 0.3 is 5.97 Å². The summed E-state index contributed by atoms with van der Waals surface area (Å²) in [6.45, 7) is 1.84. The van der Waals surface area contributed by atoms with E-state index >= 15 is 0 Å². The van der Waals surface area contributed by atoms with Crippen molar-refractivity contribution in [3.8, 4) is 0 Å². The molecule has 2 unspecified atom stereocenters. The molecule has 0 aliphatic carbocycles. The second-order valence-electron chi connectivity index (χ2n) is 2.94. The van der Waals surface area contributed by atoms with Gasteiger partial charge in [0, 0.05) is 6.04 Å². The minimum Gasteiger partial charge on any atom is -0.481 e. The summed E-state index contributed by atoms with van der Waals surface area (Å²) in [7, 11) is 0. The first kappa shape index (κ1) is 10.2. The predicted octanol–water partition coefficient (Wildman–Crippen LogP) is 1.86. The Bertz CT molecular complexity index is 271. The third-order valence-corrected chi connectivity index (χ3v) is 2.82.